The first kappa shape index (κ1) is 14.3. The summed E-state index contributed by atoms with van der Waals surface area (Å²) < 4.78 is 23.7. The molecule has 0 fully saturated rings. The lowest BCUT2D eigenvalue weighted by atomic mass is 10.4. The van der Waals surface area contributed by atoms with Gasteiger partial charge in [0.1, 0.15) is 0 Å². The Balaban J connectivity index is 3.37. The smallest absolute Gasteiger partial charge is 0.223 e. The molecule has 0 aromatic rings. The molecule has 0 heterocycles. The zero-order valence-electron chi connectivity index (χ0n) is 9.41. The summed E-state index contributed by atoms with van der Waals surface area (Å²) in [7, 11) is 0.298. The summed E-state index contributed by atoms with van der Waals surface area (Å²) in [5, 5.41) is 2.97. The molecular formula is C8H19N3O3S. The van der Waals surface area contributed by atoms with Crippen LogP contribution in [0.1, 0.15) is 6.42 Å². The fraction of sp³-hybridized carbons (Fsp3) is 0.875. The monoisotopic (exact) mass is 237 g/mol. The van der Waals surface area contributed by atoms with Gasteiger partial charge in [-0.3, -0.25) is 4.79 Å². The Morgan fingerprint density at radius 2 is 1.80 bits per heavy atom. The highest BCUT2D eigenvalue weighted by Crippen LogP contribution is 1.84. The predicted octanol–water partition coefficient (Wildman–Crippen LogP) is -1.40. The Bertz CT molecular complexity index is 288. The number of nitrogens with one attached hydrogen (secondary N) is 2. The predicted molar refractivity (Wildman–Crippen MR) is 59.0 cm³/mol. The van der Waals surface area contributed by atoms with Crippen LogP contribution in [0.3, 0.4) is 0 Å². The minimum Gasteiger partial charge on any atom is -0.349 e. The van der Waals surface area contributed by atoms with E-state index >= 15 is 0 Å². The van der Waals surface area contributed by atoms with Gasteiger partial charge in [0.2, 0.25) is 15.9 Å². The van der Waals surface area contributed by atoms with Crippen molar-refractivity contribution in [1.29, 1.82) is 0 Å². The number of amides is 1. The van der Waals surface area contributed by atoms with E-state index in [1.54, 1.807) is 14.1 Å². The molecule has 0 bridgehead atoms. The number of rotatable bonds is 7. The molecular weight excluding hydrogens is 218 g/mol. The highest BCUT2D eigenvalue weighted by molar-refractivity contribution is 7.88. The lowest BCUT2D eigenvalue weighted by Gasteiger charge is -2.10. The molecule has 0 atom stereocenters. The molecule has 0 aromatic carbocycles. The van der Waals surface area contributed by atoms with Crippen molar-refractivity contribution >= 4 is 15.9 Å². The Morgan fingerprint density at radius 3 is 2.27 bits per heavy atom. The van der Waals surface area contributed by atoms with Gasteiger partial charge in [-0.25, -0.2) is 13.1 Å². The zero-order chi connectivity index (χ0) is 11.9. The van der Waals surface area contributed by atoms with Gasteiger partial charge < -0.3 is 10.2 Å². The summed E-state index contributed by atoms with van der Waals surface area (Å²) in [5.41, 5.74) is 0. The van der Waals surface area contributed by atoms with Crippen molar-refractivity contribution in [3.8, 4) is 0 Å². The molecule has 0 saturated carbocycles. The lowest BCUT2D eigenvalue weighted by molar-refractivity contribution is -0.128. The number of carbonyl (C=O) groups excluding carboxylic acids is 1. The topological polar surface area (TPSA) is 78.5 Å². The van der Waals surface area contributed by atoms with Gasteiger partial charge in [-0.2, -0.15) is 0 Å². The van der Waals surface area contributed by atoms with E-state index in [-0.39, 0.29) is 5.91 Å². The van der Waals surface area contributed by atoms with Crippen LogP contribution in [0.2, 0.25) is 0 Å². The maximum Gasteiger partial charge on any atom is 0.223 e. The van der Waals surface area contributed by atoms with Crippen molar-refractivity contribution in [3.63, 3.8) is 0 Å². The summed E-state index contributed by atoms with van der Waals surface area (Å²) in [4.78, 5) is 12.6. The maximum atomic E-state index is 11.1. The molecule has 7 heteroatoms. The van der Waals surface area contributed by atoms with Crippen molar-refractivity contribution in [2.24, 2.45) is 0 Å². The second-order valence-corrected chi connectivity index (χ2v) is 5.29. The average Bonchev–Trinajstić information content (AvgIpc) is 2.08. The second-order valence-electron chi connectivity index (χ2n) is 3.45. The highest BCUT2D eigenvalue weighted by Gasteiger charge is 2.02. The Kier molecular flexibility index (Phi) is 6.46. The van der Waals surface area contributed by atoms with Crippen molar-refractivity contribution in [2.45, 2.75) is 6.42 Å². The first-order chi connectivity index (χ1) is 6.83. The SMILES string of the molecule is CN(C)C(=O)CCNCCNS(C)(=O)=O. The van der Waals surface area contributed by atoms with Crippen LogP contribution in [0.5, 0.6) is 0 Å². The zero-order valence-corrected chi connectivity index (χ0v) is 10.2. The van der Waals surface area contributed by atoms with Gasteiger partial charge in [0.25, 0.3) is 0 Å². The van der Waals surface area contributed by atoms with E-state index in [9.17, 15) is 13.2 Å². The van der Waals surface area contributed by atoms with E-state index < -0.39 is 10.0 Å². The Morgan fingerprint density at radius 1 is 1.20 bits per heavy atom. The van der Waals surface area contributed by atoms with Gasteiger partial charge in [0.15, 0.2) is 0 Å². The Labute approximate surface area is 91.1 Å². The molecule has 0 radical (unpaired) electrons. The van der Waals surface area contributed by atoms with E-state index in [2.05, 4.69) is 10.0 Å². The molecule has 90 valence electrons. The van der Waals surface area contributed by atoms with E-state index in [0.717, 1.165) is 6.26 Å². The molecule has 1 amide bonds. The number of hydrogen-bond acceptors (Lipinski definition) is 4. The molecule has 0 spiro atoms. The molecule has 15 heavy (non-hydrogen) atoms. The molecule has 0 aliphatic rings. The van der Waals surface area contributed by atoms with Gasteiger partial charge in [0, 0.05) is 40.2 Å². The van der Waals surface area contributed by atoms with Crippen LogP contribution in [-0.2, 0) is 14.8 Å². The lowest BCUT2D eigenvalue weighted by Crippen LogP contribution is -2.33. The van der Waals surface area contributed by atoms with Crippen LogP contribution in [0, 0.1) is 0 Å². The fourth-order valence-corrected chi connectivity index (χ4v) is 1.34. The molecule has 0 aromatic heterocycles. The van der Waals surface area contributed by atoms with E-state index in [4.69, 9.17) is 0 Å². The van der Waals surface area contributed by atoms with Crippen LogP contribution < -0.4 is 10.0 Å². The van der Waals surface area contributed by atoms with Crippen LogP contribution in [0.4, 0.5) is 0 Å². The van der Waals surface area contributed by atoms with Gasteiger partial charge in [-0.15, -0.1) is 0 Å². The molecule has 0 rings (SSSR count). The van der Waals surface area contributed by atoms with Crippen molar-refractivity contribution in [3.05, 3.63) is 0 Å². The summed E-state index contributed by atoms with van der Waals surface area (Å²) in [5.74, 6) is 0.0542. The summed E-state index contributed by atoms with van der Waals surface area (Å²) >= 11 is 0. The third kappa shape index (κ3) is 9.64. The normalized spacial score (nSPS) is 11.4. The first-order valence-corrected chi connectivity index (χ1v) is 6.57. The quantitative estimate of drug-likeness (QED) is 0.534. The fourth-order valence-electron chi connectivity index (χ4n) is 0.869. The largest absolute Gasteiger partial charge is 0.349 e. The number of carbonyl (C=O) groups is 1. The first-order valence-electron chi connectivity index (χ1n) is 4.68. The van der Waals surface area contributed by atoms with Crippen LogP contribution in [0.25, 0.3) is 0 Å². The van der Waals surface area contributed by atoms with Crippen LogP contribution in [0.15, 0.2) is 0 Å². The molecule has 0 aliphatic carbocycles. The van der Waals surface area contributed by atoms with E-state index in [1.807, 2.05) is 0 Å². The van der Waals surface area contributed by atoms with Crippen LogP contribution >= 0.6 is 0 Å². The highest BCUT2D eigenvalue weighted by atomic mass is 32.2. The molecule has 2 N–H and O–H groups in total. The molecule has 6 nitrogen and oxygen atoms in total. The minimum atomic E-state index is -3.11. The number of hydrogen-bond donors (Lipinski definition) is 2. The van der Waals surface area contributed by atoms with Crippen molar-refractivity contribution < 1.29 is 13.2 Å². The molecule has 0 aliphatic heterocycles. The Hall–Kier alpha value is -0.660. The van der Waals surface area contributed by atoms with E-state index in [1.165, 1.54) is 4.90 Å². The third-order valence-corrected chi connectivity index (χ3v) is 2.41. The maximum absolute atomic E-state index is 11.1. The summed E-state index contributed by atoms with van der Waals surface area (Å²) in [6.45, 7) is 1.42. The van der Waals surface area contributed by atoms with Gasteiger partial charge >= 0.3 is 0 Å². The van der Waals surface area contributed by atoms with E-state index in [0.29, 0.717) is 26.1 Å². The molecule has 0 saturated heterocycles. The van der Waals surface area contributed by atoms with Gasteiger partial charge in [-0.05, 0) is 0 Å². The average molecular weight is 237 g/mol. The van der Waals surface area contributed by atoms with Crippen molar-refractivity contribution in [2.75, 3.05) is 40.0 Å². The van der Waals surface area contributed by atoms with Crippen molar-refractivity contribution in [1.82, 2.24) is 14.9 Å². The molecule has 0 unspecified atom stereocenters. The number of nitrogens with zero attached hydrogens (tertiary/aromatic N) is 1. The van der Waals surface area contributed by atoms with Crippen LogP contribution in [-0.4, -0.2) is 59.2 Å². The second kappa shape index (κ2) is 6.76. The van der Waals surface area contributed by atoms with Gasteiger partial charge in [0.05, 0.1) is 6.26 Å². The number of sulfonamides is 1. The summed E-state index contributed by atoms with van der Waals surface area (Å²) in [6.07, 6.45) is 1.54. The standard InChI is InChI=1S/C8H19N3O3S/c1-11(2)8(12)4-5-9-6-7-10-15(3,13)14/h9-10H,4-7H2,1-3H3. The van der Waals surface area contributed by atoms with Gasteiger partial charge in [-0.1, -0.05) is 0 Å². The summed E-state index contributed by atoms with van der Waals surface area (Å²) in [6, 6.07) is 0. The minimum absolute atomic E-state index is 0.0542. The third-order valence-electron chi connectivity index (χ3n) is 1.68.